The lowest BCUT2D eigenvalue weighted by Gasteiger charge is -2.33. The van der Waals surface area contributed by atoms with Crippen LogP contribution in [0.5, 0.6) is 0 Å². The van der Waals surface area contributed by atoms with E-state index in [0.29, 0.717) is 0 Å². The maximum Gasteiger partial charge on any atom is 0.219 e. The van der Waals surface area contributed by atoms with Gasteiger partial charge in [-0.15, -0.1) is 6.58 Å². The van der Waals surface area contributed by atoms with Gasteiger partial charge in [0.25, 0.3) is 0 Å². The molecule has 16 heavy (non-hydrogen) atoms. The van der Waals surface area contributed by atoms with Gasteiger partial charge >= 0.3 is 0 Å². The van der Waals surface area contributed by atoms with Crippen molar-refractivity contribution in [2.45, 2.75) is 30.3 Å². The van der Waals surface area contributed by atoms with E-state index in [0.717, 1.165) is 11.3 Å². The van der Waals surface area contributed by atoms with Crippen LogP contribution >= 0.6 is 27.7 Å². The van der Waals surface area contributed by atoms with Crippen molar-refractivity contribution < 1.29 is 9.53 Å². The summed E-state index contributed by atoms with van der Waals surface area (Å²) in [5.74, 6) is 1.04. The maximum absolute atomic E-state index is 11.8. The fraction of sp³-hybridized carbons (Fsp3) is 0.583. The summed E-state index contributed by atoms with van der Waals surface area (Å²) in [6, 6.07) is 0. The van der Waals surface area contributed by atoms with Gasteiger partial charge in [0.05, 0.1) is 11.9 Å². The minimum absolute atomic E-state index is 0.0973. The zero-order chi connectivity index (χ0) is 12.5. The average Bonchev–Trinajstić information content (AvgIpc) is 2.48. The van der Waals surface area contributed by atoms with Gasteiger partial charge in [0.15, 0.2) is 0 Å². The third-order valence-electron chi connectivity index (χ3n) is 2.97. The Morgan fingerprint density at radius 2 is 2.19 bits per heavy atom. The highest BCUT2D eigenvalue weighted by atomic mass is 79.9. The van der Waals surface area contributed by atoms with Crippen molar-refractivity contribution in [1.82, 2.24) is 0 Å². The summed E-state index contributed by atoms with van der Waals surface area (Å²) in [5.41, 5.74) is 0.718. The molecule has 2 nitrogen and oxygen atoms in total. The zero-order valence-corrected chi connectivity index (χ0v) is 12.4. The molecular weight excluding hydrogens is 288 g/mol. The first-order valence-corrected chi connectivity index (χ1v) is 6.87. The molecule has 0 radical (unpaired) electrons. The lowest BCUT2D eigenvalue weighted by Crippen LogP contribution is -2.36. The number of alkyl halides is 1. The van der Waals surface area contributed by atoms with Gasteiger partial charge in [-0.3, -0.25) is 4.79 Å². The first-order valence-electron chi connectivity index (χ1n) is 5.13. The predicted molar refractivity (Wildman–Crippen MR) is 72.8 cm³/mol. The average molecular weight is 305 g/mol. The molecule has 0 saturated carbocycles. The molecule has 0 N–H and O–H groups in total. The van der Waals surface area contributed by atoms with Crippen LogP contribution in [0.2, 0.25) is 0 Å². The van der Waals surface area contributed by atoms with Crippen LogP contribution in [0, 0.1) is 5.92 Å². The second-order valence-electron chi connectivity index (χ2n) is 4.15. The topological polar surface area (TPSA) is 26.3 Å². The molecule has 1 aliphatic rings. The molecule has 0 aliphatic carbocycles. The Balaban J connectivity index is 3.11. The molecule has 0 saturated heterocycles. The highest BCUT2D eigenvalue weighted by Gasteiger charge is 2.48. The highest BCUT2D eigenvalue weighted by molar-refractivity contribution is 9.09. The van der Waals surface area contributed by atoms with Crippen LogP contribution in [0.25, 0.3) is 0 Å². The van der Waals surface area contributed by atoms with Crippen molar-refractivity contribution in [3.8, 4) is 0 Å². The molecule has 3 atom stereocenters. The monoisotopic (exact) mass is 304 g/mol. The van der Waals surface area contributed by atoms with Crippen molar-refractivity contribution >= 4 is 32.8 Å². The van der Waals surface area contributed by atoms with E-state index in [-0.39, 0.29) is 20.6 Å². The Bertz CT molecular complexity index is 351. The zero-order valence-electron chi connectivity index (χ0n) is 10.0. The number of hydrogen-bond donors (Lipinski definition) is 0. The molecule has 90 valence electrons. The first-order chi connectivity index (χ1) is 7.38. The molecule has 0 aromatic heterocycles. The summed E-state index contributed by atoms with van der Waals surface area (Å²) in [5, 5.41) is 0.0973. The summed E-state index contributed by atoms with van der Waals surface area (Å²) in [4.78, 5) is 11.9. The number of halogens is 1. The Morgan fingerprint density at radius 3 is 2.62 bits per heavy atom. The SMILES string of the molecule is C=CC(C)C(Br)[C@@]1(C)SC(=O)C(C)=C1OC. The van der Waals surface area contributed by atoms with E-state index in [4.69, 9.17) is 4.74 Å². The minimum Gasteiger partial charge on any atom is -0.499 e. The van der Waals surface area contributed by atoms with Gasteiger partial charge in [0, 0.05) is 10.4 Å². The van der Waals surface area contributed by atoms with Crippen molar-refractivity contribution in [3.63, 3.8) is 0 Å². The minimum atomic E-state index is -0.344. The molecule has 2 unspecified atom stereocenters. The third-order valence-corrected chi connectivity index (χ3v) is 6.37. The van der Waals surface area contributed by atoms with Crippen LogP contribution in [0.4, 0.5) is 0 Å². The summed E-state index contributed by atoms with van der Waals surface area (Å²) in [6.45, 7) is 9.71. The van der Waals surface area contributed by atoms with Gasteiger partial charge in [-0.05, 0) is 19.8 Å². The lowest BCUT2D eigenvalue weighted by molar-refractivity contribution is -0.107. The fourth-order valence-electron chi connectivity index (χ4n) is 1.94. The third kappa shape index (κ3) is 2.09. The number of carbonyl (C=O) groups is 1. The number of methoxy groups -OCH3 is 1. The molecule has 0 spiro atoms. The molecular formula is C12H17BrO2S. The fourth-order valence-corrected chi connectivity index (χ4v) is 3.93. The van der Waals surface area contributed by atoms with E-state index in [2.05, 4.69) is 29.4 Å². The smallest absolute Gasteiger partial charge is 0.219 e. The van der Waals surface area contributed by atoms with Crippen LogP contribution in [0.1, 0.15) is 20.8 Å². The van der Waals surface area contributed by atoms with Crippen LogP contribution in [-0.4, -0.2) is 21.8 Å². The second kappa shape index (κ2) is 4.96. The normalized spacial score (nSPS) is 29.2. The van der Waals surface area contributed by atoms with Gasteiger partial charge in [-0.2, -0.15) is 0 Å². The number of ether oxygens (including phenoxy) is 1. The van der Waals surface area contributed by atoms with Gasteiger partial charge in [-0.25, -0.2) is 0 Å². The molecule has 4 heteroatoms. The van der Waals surface area contributed by atoms with Gasteiger partial charge in [0.1, 0.15) is 5.76 Å². The van der Waals surface area contributed by atoms with Crippen LogP contribution in [0.3, 0.4) is 0 Å². The van der Waals surface area contributed by atoms with E-state index in [1.165, 1.54) is 11.8 Å². The number of carbonyl (C=O) groups excluding carboxylic acids is 1. The van der Waals surface area contributed by atoms with E-state index >= 15 is 0 Å². The largest absolute Gasteiger partial charge is 0.499 e. The first kappa shape index (κ1) is 13.8. The summed E-state index contributed by atoms with van der Waals surface area (Å²) >= 11 is 4.99. The van der Waals surface area contributed by atoms with E-state index < -0.39 is 0 Å². The molecule has 1 rings (SSSR count). The van der Waals surface area contributed by atoms with Gasteiger partial charge in [0.2, 0.25) is 5.12 Å². The Morgan fingerprint density at radius 1 is 1.62 bits per heavy atom. The maximum atomic E-state index is 11.8. The lowest BCUT2D eigenvalue weighted by atomic mass is 9.93. The van der Waals surface area contributed by atoms with E-state index in [1.54, 1.807) is 7.11 Å². The van der Waals surface area contributed by atoms with Gasteiger partial charge in [-0.1, -0.05) is 40.7 Å². The summed E-state index contributed by atoms with van der Waals surface area (Å²) in [7, 11) is 1.62. The number of thioether (sulfide) groups is 1. The molecule has 0 aromatic rings. The molecule has 0 fully saturated rings. The van der Waals surface area contributed by atoms with Crippen LogP contribution < -0.4 is 0 Å². The highest BCUT2D eigenvalue weighted by Crippen LogP contribution is 2.50. The quantitative estimate of drug-likeness (QED) is 0.587. The molecule has 0 amide bonds. The van der Waals surface area contributed by atoms with E-state index in [9.17, 15) is 4.79 Å². The van der Waals surface area contributed by atoms with Crippen molar-refractivity contribution in [2.24, 2.45) is 5.92 Å². The Labute approximate surface area is 110 Å². The van der Waals surface area contributed by atoms with Crippen LogP contribution in [0.15, 0.2) is 24.0 Å². The summed E-state index contributed by atoms with van der Waals surface area (Å²) < 4.78 is 5.06. The summed E-state index contributed by atoms with van der Waals surface area (Å²) in [6.07, 6.45) is 1.89. The number of rotatable bonds is 4. The predicted octanol–water partition coefficient (Wildman–Crippen LogP) is 3.52. The number of hydrogen-bond acceptors (Lipinski definition) is 3. The second-order valence-corrected chi connectivity index (χ2v) is 6.56. The molecule has 0 bridgehead atoms. The van der Waals surface area contributed by atoms with E-state index in [1.807, 2.05) is 19.9 Å². The van der Waals surface area contributed by atoms with Gasteiger partial charge < -0.3 is 4.74 Å². The Hall–Kier alpha value is -0.220. The molecule has 1 aliphatic heterocycles. The van der Waals surface area contributed by atoms with Crippen molar-refractivity contribution in [2.75, 3.05) is 7.11 Å². The molecule has 1 heterocycles. The molecule has 0 aromatic carbocycles. The standard InChI is InChI=1S/C12H17BrO2S/c1-6-7(2)9(13)12(4)10(15-5)8(3)11(14)16-12/h6-7,9H,1H2,2-5H3/t7?,9?,12-/m1/s1. The van der Waals surface area contributed by atoms with Crippen molar-refractivity contribution in [3.05, 3.63) is 24.0 Å². The van der Waals surface area contributed by atoms with Crippen molar-refractivity contribution in [1.29, 1.82) is 0 Å². The number of allylic oxidation sites excluding steroid dienone is 1. The Kier molecular flexibility index (Phi) is 4.29. The van der Waals surface area contributed by atoms with Crippen LogP contribution in [-0.2, 0) is 9.53 Å².